The van der Waals surface area contributed by atoms with Crippen LogP contribution in [0.15, 0.2) is 48.5 Å². The summed E-state index contributed by atoms with van der Waals surface area (Å²) in [5, 5.41) is 2.77. The molecule has 0 bridgehead atoms. The molecule has 0 fully saturated rings. The summed E-state index contributed by atoms with van der Waals surface area (Å²) in [4.78, 5) is 11.9. The van der Waals surface area contributed by atoms with Crippen LogP contribution in [0.2, 0.25) is 0 Å². The second kappa shape index (κ2) is 5.87. The van der Waals surface area contributed by atoms with Crippen molar-refractivity contribution in [3.63, 3.8) is 0 Å². The molecule has 1 amide bonds. The minimum atomic E-state index is -0.544. The van der Waals surface area contributed by atoms with Gasteiger partial charge in [-0.05, 0) is 38.5 Å². The Morgan fingerprint density at radius 1 is 1.05 bits per heavy atom. The van der Waals surface area contributed by atoms with E-state index in [1.54, 1.807) is 6.07 Å². The molecule has 3 N–H and O–H groups in total. The first-order chi connectivity index (χ1) is 9.87. The van der Waals surface area contributed by atoms with Crippen LogP contribution >= 0.6 is 0 Å². The molecule has 0 unspecified atom stereocenters. The highest BCUT2D eigenvalue weighted by Crippen LogP contribution is 2.33. The number of nitrogens with one attached hydrogen (secondary N) is 1. The molecule has 4 nitrogen and oxygen atoms in total. The van der Waals surface area contributed by atoms with Crippen LogP contribution in [0.25, 0.3) is 11.1 Å². The van der Waals surface area contributed by atoms with E-state index < -0.39 is 11.7 Å². The van der Waals surface area contributed by atoms with Gasteiger partial charge in [-0.25, -0.2) is 4.79 Å². The number of carbonyl (C=O) groups excluding carboxylic acids is 1. The van der Waals surface area contributed by atoms with Gasteiger partial charge in [0.15, 0.2) is 0 Å². The van der Waals surface area contributed by atoms with Gasteiger partial charge in [-0.2, -0.15) is 0 Å². The second-order valence-corrected chi connectivity index (χ2v) is 5.76. The maximum Gasteiger partial charge on any atom is 0.412 e. The molecule has 0 aliphatic carbocycles. The molecule has 0 aromatic heterocycles. The quantitative estimate of drug-likeness (QED) is 0.809. The van der Waals surface area contributed by atoms with E-state index in [0.29, 0.717) is 11.4 Å². The number of hydrogen-bond donors (Lipinski definition) is 2. The van der Waals surface area contributed by atoms with Crippen LogP contribution in [0.1, 0.15) is 20.8 Å². The number of carbonyl (C=O) groups is 1. The van der Waals surface area contributed by atoms with E-state index in [2.05, 4.69) is 5.32 Å². The summed E-state index contributed by atoms with van der Waals surface area (Å²) in [5.74, 6) is 0. The van der Waals surface area contributed by atoms with Crippen molar-refractivity contribution in [2.75, 3.05) is 11.1 Å². The molecule has 0 atom stereocenters. The summed E-state index contributed by atoms with van der Waals surface area (Å²) < 4.78 is 5.28. The van der Waals surface area contributed by atoms with E-state index in [-0.39, 0.29) is 0 Å². The average molecular weight is 284 g/mol. The van der Waals surface area contributed by atoms with Gasteiger partial charge in [0.05, 0.1) is 5.69 Å². The van der Waals surface area contributed by atoms with Gasteiger partial charge in [-0.1, -0.05) is 36.4 Å². The van der Waals surface area contributed by atoms with Crippen molar-refractivity contribution in [2.24, 2.45) is 0 Å². The van der Waals surface area contributed by atoms with Gasteiger partial charge in [0, 0.05) is 11.3 Å². The molecule has 0 radical (unpaired) electrons. The summed E-state index contributed by atoms with van der Waals surface area (Å²) in [6.07, 6.45) is -0.495. The molecule has 21 heavy (non-hydrogen) atoms. The van der Waals surface area contributed by atoms with E-state index in [0.717, 1.165) is 11.1 Å². The number of benzene rings is 2. The Morgan fingerprint density at radius 2 is 1.71 bits per heavy atom. The van der Waals surface area contributed by atoms with Crippen molar-refractivity contribution in [2.45, 2.75) is 26.4 Å². The van der Waals surface area contributed by atoms with Crippen LogP contribution in [0, 0.1) is 0 Å². The molecule has 0 spiro atoms. The van der Waals surface area contributed by atoms with Crippen molar-refractivity contribution in [1.29, 1.82) is 0 Å². The lowest BCUT2D eigenvalue weighted by atomic mass is 10.0. The third-order valence-electron chi connectivity index (χ3n) is 2.79. The van der Waals surface area contributed by atoms with Crippen molar-refractivity contribution in [1.82, 2.24) is 0 Å². The minimum absolute atomic E-state index is 0.495. The SMILES string of the molecule is CC(C)(C)OC(=O)Nc1cccc(N)c1-c1ccccc1. The number of hydrogen-bond acceptors (Lipinski definition) is 3. The summed E-state index contributed by atoms with van der Waals surface area (Å²) in [6.45, 7) is 5.47. The fourth-order valence-electron chi connectivity index (χ4n) is 2.01. The Bertz CT molecular complexity index is 631. The summed E-state index contributed by atoms with van der Waals surface area (Å²) in [7, 11) is 0. The molecule has 4 heteroatoms. The van der Waals surface area contributed by atoms with Crippen molar-refractivity contribution < 1.29 is 9.53 Å². The van der Waals surface area contributed by atoms with Gasteiger partial charge in [0.1, 0.15) is 5.60 Å². The van der Waals surface area contributed by atoms with Crippen LogP contribution < -0.4 is 11.1 Å². The third kappa shape index (κ3) is 3.99. The van der Waals surface area contributed by atoms with Gasteiger partial charge in [0.25, 0.3) is 0 Å². The van der Waals surface area contributed by atoms with Crippen LogP contribution in [0.4, 0.5) is 16.2 Å². The van der Waals surface area contributed by atoms with Crippen LogP contribution in [0.5, 0.6) is 0 Å². The zero-order valence-corrected chi connectivity index (χ0v) is 12.5. The Hall–Kier alpha value is -2.49. The molecule has 110 valence electrons. The highest BCUT2D eigenvalue weighted by molar-refractivity contribution is 5.95. The Kier molecular flexibility index (Phi) is 4.17. The Balaban J connectivity index is 2.33. The molecular formula is C17H20N2O2. The maximum absolute atomic E-state index is 11.9. The first-order valence-corrected chi connectivity index (χ1v) is 6.81. The minimum Gasteiger partial charge on any atom is -0.444 e. The van der Waals surface area contributed by atoms with Gasteiger partial charge in [0.2, 0.25) is 0 Å². The number of anilines is 2. The lowest BCUT2D eigenvalue weighted by Gasteiger charge is -2.21. The zero-order valence-electron chi connectivity index (χ0n) is 12.5. The van der Waals surface area contributed by atoms with Gasteiger partial charge < -0.3 is 10.5 Å². The molecule has 0 heterocycles. The number of amides is 1. The van der Waals surface area contributed by atoms with Gasteiger partial charge in [-0.3, -0.25) is 5.32 Å². The van der Waals surface area contributed by atoms with Crippen molar-refractivity contribution in [3.8, 4) is 11.1 Å². The predicted molar refractivity (Wildman–Crippen MR) is 86.1 cm³/mol. The summed E-state index contributed by atoms with van der Waals surface area (Å²) in [6, 6.07) is 15.1. The molecule has 0 saturated carbocycles. The monoisotopic (exact) mass is 284 g/mol. The highest BCUT2D eigenvalue weighted by Gasteiger charge is 2.18. The van der Waals surface area contributed by atoms with Crippen LogP contribution in [-0.2, 0) is 4.74 Å². The first-order valence-electron chi connectivity index (χ1n) is 6.81. The fourth-order valence-corrected chi connectivity index (χ4v) is 2.01. The number of nitrogens with two attached hydrogens (primary N) is 1. The number of rotatable bonds is 2. The smallest absolute Gasteiger partial charge is 0.412 e. The highest BCUT2D eigenvalue weighted by atomic mass is 16.6. The van der Waals surface area contributed by atoms with Crippen molar-refractivity contribution >= 4 is 17.5 Å². The van der Waals surface area contributed by atoms with Crippen LogP contribution in [-0.4, -0.2) is 11.7 Å². The average Bonchev–Trinajstić information content (AvgIpc) is 2.37. The Labute approximate surface area is 124 Å². The molecule has 0 aliphatic heterocycles. The maximum atomic E-state index is 11.9. The summed E-state index contributed by atoms with van der Waals surface area (Å²) >= 11 is 0. The number of nitrogen functional groups attached to an aromatic ring is 1. The molecule has 2 aromatic rings. The normalized spacial score (nSPS) is 11.0. The summed E-state index contributed by atoms with van der Waals surface area (Å²) in [5.41, 5.74) is 8.50. The molecule has 2 aromatic carbocycles. The van der Waals surface area contributed by atoms with E-state index in [1.165, 1.54) is 0 Å². The Morgan fingerprint density at radius 3 is 2.33 bits per heavy atom. The van der Waals surface area contributed by atoms with Gasteiger partial charge in [-0.15, -0.1) is 0 Å². The van der Waals surface area contributed by atoms with E-state index in [9.17, 15) is 4.79 Å². The molecule has 2 rings (SSSR count). The van der Waals surface area contributed by atoms with E-state index in [1.807, 2.05) is 63.2 Å². The largest absolute Gasteiger partial charge is 0.444 e. The third-order valence-corrected chi connectivity index (χ3v) is 2.79. The molecule has 0 aliphatic rings. The van der Waals surface area contributed by atoms with Crippen molar-refractivity contribution in [3.05, 3.63) is 48.5 Å². The lowest BCUT2D eigenvalue weighted by Crippen LogP contribution is -2.27. The zero-order chi connectivity index (χ0) is 15.5. The second-order valence-electron chi connectivity index (χ2n) is 5.76. The van der Waals surface area contributed by atoms with Crippen LogP contribution in [0.3, 0.4) is 0 Å². The number of ether oxygens (including phenoxy) is 1. The topological polar surface area (TPSA) is 64.3 Å². The predicted octanol–water partition coefficient (Wildman–Crippen LogP) is 4.28. The van der Waals surface area contributed by atoms with E-state index in [4.69, 9.17) is 10.5 Å². The van der Waals surface area contributed by atoms with E-state index >= 15 is 0 Å². The van der Waals surface area contributed by atoms with Gasteiger partial charge >= 0.3 is 6.09 Å². The standard InChI is InChI=1S/C17H20N2O2/c1-17(2,3)21-16(20)19-14-11-7-10-13(18)15(14)12-8-5-4-6-9-12/h4-11H,18H2,1-3H3,(H,19,20). The first kappa shape index (κ1) is 14.9. The molecular weight excluding hydrogens is 264 g/mol. The fraction of sp³-hybridized carbons (Fsp3) is 0.235. The molecule has 0 saturated heterocycles. The lowest BCUT2D eigenvalue weighted by molar-refractivity contribution is 0.0636.